The normalized spacial score (nSPS) is 14.5. The van der Waals surface area contributed by atoms with Crippen molar-refractivity contribution in [2.75, 3.05) is 24.6 Å². The highest BCUT2D eigenvalue weighted by molar-refractivity contribution is 7.91. The van der Waals surface area contributed by atoms with Crippen molar-refractivity contribution < 1.29 is 13.5 Å². The van der Waals surface area contributed by atoms with Gasteiger partial charge in [-0.3, -0.25) is 0 Å². The van der Waals surface area contributed by atoms with Crippen LogP contribution in [0.15, 0.2) is 0 Å². The standard InChI is InChI=1S/C10H23NO3S/c1-4-15(13,14)6-5-11-8-10(12)7-9(2)3/h9-12H,4-8H2,1-3H3. The van der Waals surface area contributed by atoms with Crippen LogP contribution in [0.5, 0.6) is 0 Å². The Hall–Kier alpha value is -0.130. The molecule has 0 heterocycles. The van der Waals surface area contributed by atoms with Crippen LogP contribution in [-0.4, -0.2) is 44.2 Å². The van der Waals surface area contributed by atoms with E-state index in [1.807, 2.05) is 13.8 Å². The molecule has 92 valence electrons. The molecule has 0 rings (SSSR count). The van der Waals surface area contributed by atoms with E-state index < -0.39 is 9.84 Å². The largest absolute Gasteiger partial charge is 0.392 e. The summed E-state index contributed by atoms with van der Waals surface area (Å²) in [5.41, 5.74) is 0. The first-order valence-corrected chi connectivity index (χ1v) is 7.28. The summed E-state index contributed by atoms with van der Waals surface area (Å²) in [5, 5.41) is 12.4. The Morgan fingerprint density at radius 2 is 1.93 bits per heavy atom. The third-order valence-electron chi connectivity index (χ3n) is 2.15. The van der Waals surface area contributed by atoms with Gasteiger partial charge in [0.15, 0.2) is 9.84 Å². The third-order valence-corrected chi connectivity index (χ3v) is 3.86. The molecule has 0 aliphatic rings. The van der Waals surface area contributed by atoms with E-state index in [4.69, 9.17) is 0 Å². The lowest BCUT2D eigenvalue weighted by atomic mass is 10.1. The second-order valence-electron chi connectivity index (χ2n) is 4.22. The van der Waals surface area contributed by atoms with Crippen molar-refractivity contribution in [3.05, 3.63) is 0 Å². The number of sulfone groups is 1. The Labute approximate surface area is 93.0 Å². The molecule has 0 amide bonds. The van der Waals surface area contributed by atoms with Gasteiger partial charge in [0.25, 0.3) is 0 Å². The molecular weight excluding hydrogens is 214 g/mol. The molecule has 0 aromatic carbocycles. The Balaban J connectivity index is 3.55. The predicted molar refractivity (Wildman–Crippen MR) is 62.7 cm³/mol. The van der Waals surface area contributed by atoms with E-state index >= 15 is 0 Å². The van der Waals surface area contributed by atoms with E-state index in [9.17, 15) is 13.5 Å². The van der Waals surface area contributed by atoms with Crippen molar-refractivity contribution in [3.63, 3.8) is 0 Å². The summed E-state index contributed by atoms with van der Waals surface area (Å²) in [5.74, 6) is 0.794. The zero-order chi connectivity index (χ0) is 11.9. The van der Waals surface area contributed by atoms with Gasteiger partial charge in [-0.1, -0.05) is 20.8 Å². The second-order valence-corrected chi connectivity index (χ2v) is 6.70. The molecule has 0 radical (unpaired) electrons. The molecule has 0 saturated heterocycles. The zero-order valence-corrected chi connectivity index (χ0v) is 10.7. The molecule has 0 aromatic heterocycles. The van der Waals surface area contributed by atoms with Crippen molar-refractivity contribution in [1.29, 1.82) is 0 Å². The minimum Gasteiger partial charge on any atom is -0.392 e. The van der Waals surface area contributed by atoms with E-state index in [2.05, 4.69) is 5.32 Å². The van der Waals surface area contributed by atoms with Gasteiger partial charge in [0.05, 0.1) is 11.9 Å². The zero-order valence-electron chi connectivity index (χ0n) is 9.86. The molecule has 4 nitrogen and oxygen atoms in total. The molecular formula is C10H23NO3S. The third kappa shape index (κ3) is 8.84. The quantitative estimate of drug-likeness (QED) is 0.600. The number of nitrogens with one attached hydrogen (secondary N) is 1. The number of aliphatic hydroxyl groups excluding tert-OH is 1. The summed E-state index contributed by atoms with van der Waals surface area (Å²) in [4.78, 5) is 0. The maximum absolute atomic E-state index is 11.1. The highest BCUT2D eigenvalue weighted by Crippen LogP contribution is 2.02. The van der Waals surface area contributed by atoms with Crippen LogP contribution in [-0.2, 0) is 9.84 Å². The first-order chi connectivity index (χ1) is 6.87. The van der Waals surface area contributed by atoms with Crippen LogP contribution < -0.4 is 5.32 Å². The van der Waals surface area contributed by atoms with Crippen LogP contribution >= 0.6 is 0 Å². The minimum atomic E-state index is -2.88. The average Bonchev–Trinajstić information content (AvgIpc) is 2.11. The molecule has 1 atom stereocenters. The van der Waals surface area contributed by atoms with Gasteiger partial charge >= 0.3 is 0 Å². The second kappa shape index (κ2) is 7.19. The smallest absolute Gasteiger partial charge is 0.151 e. The summed E-state index contributed by atoms with van der Waals surface area (Å²) >= 11 is 0. The van der Waals surface area contributed by atoms with Gasteiger partial charge in [0, 0.05) is 18.8 Å². The van der Waals surface area contributed by atoms with E-state index in [0.717, 1.165) is 6.42 Å². The van der Waals surface area contributed by atoms with Gasteiger partial charge in [-0.25, -0.2) is 8.42 Å². The van der Waals surface area contributed by atoms with Crippen molar-refractivity contribution in [2.45, 2.75) is 33.3 Å². The van der Waals surface area contributed by atoms with Gasteiger partial charge in [0.1, 0.15) is 0 Å². The molecule has 0 aliphatic heterocycles. The van der Waals surface area contributed by atoms with E-state index in [1.165, 1.54) is 0 Å². The molecule has 2 N–H and O–H groups in total. The van der Waals surface area contributed by atoms with Crippen molar-refractivity contribution in [1.82, 2.24) is 5.32 Å². The van der Waals surface area contributed by atoms with Gasteiger partial charge in [-0.2, -0.15) is 0 Å². The van der Waals surface area contributed by atoms with Crippen molar-refractivity contribution >= 4 is 9.84 Å². The van der Waals surface area contributed by atoms with E-state index in [0.29, 0.717) is 19.0 Å². The lowest BCUT2D eigenvalue weighted by Gasteiger charge is -2.13. The van der Waals surface area contributed by atoms with E-state index in [-0.39, 0.29) is 17.6 Å². The topological polar surface area (TPSA) is 66.4 Å². The summed E-state index contributed by atoms with van der Waals surface area (Å²) in [6, 6.07) is 0. The maximum Gasteiger partial charge on any atom is 0.151 e. The molecule has 0 aliphatic carbocycles. The molecule has 0 fully saturated rings. The van der Waals surface area contributed by atoms with Gasteiger partial charge in [-0.15, -0.1) is 0 Å². The summed E-state index contributed by atoms with van der Waals surface area (Å²) in [7, 11) is -2.88. The van der Waals surface area contributed by atoms with Gasteiger partial charge in [0.2, 0.25) is 0 Å². The van der Waals surface area contributed by atoms with Crippen LogP contribution in [0, 0.1) is 5.92 Å². The van der Waals surface area contributed by atoms with Crippen LogP contribution in [0.4, 0.5) is 0 Å². The number of hydrogen-bond acceptors (Lipinski definition) is 4. The first kappa shape index (κ1) is 14.9. The molecule has 0 bridgehead atoms. The minimum absolute atomic E-state index is 0.151. The molecule has 0 saturated carbocycles. The monoisotopic (exact) mass is 237 g/mol. The number of hydrogen-bond donors (Lipinski definition) is 2. The molecule has 15 heavy (non-hydrogen) atoms. The Morgan fingerprint density at radius 1 is 1.33 bits per heavy atom. The van der Waals surface area contributed by atoms with Crippen LogP contribution in [0.25, 0.3) is 0 Å². The molecule has 0 spiro atoms. The molecule has 5 heteroatoms. The fourth-order valence-corrected chi connectivity index (χ4v) is 2.01. The predicted octanol–water partition coefficient (Wildman–Crippen LogP) is 0.418. The lowest BCUT2D eigenvalue weighted by Crippen LogP contribution is -2.31. The van der Waals surface area contributed by atoms with Crippen LogP contribution in [0.2, 0.25) is 0 Å². The Morgan fingerprint density at radius 3 is 2.40 bits per heavy atom. The van der Waals surface area contributed by atoms with Gasteiger partial charge < -0.3 is 10.4 Å². The maximum atomic E-state index is 11.1. The average molecular weight is 237 g/mol. The van der Waals surface area contributed by atoms with Crippen LogP contribution in [0.3, 0.4) is 0 Å². The number of aliphatic hydroxyl groups is 1. The highest BCUT2D eigenvalue weighted by Gasteiger charge is 2.08. The Kier molecular flexibility index (Phi) is 7.13. The molecule has 1 unspecified atom stereocenters. The fourth-order valence-electron chi connectivity index (χ4n) is 1.27. The Bertz CT molecular complexity index is 249. The summed E-state index contributed by atoms with van der Waals surface area (Å²) < 4.78 is 22.2. The number of rotatable bonds is 8. The lowest BCUT2D eigenvalue weighted by molar-refractivity contribution is 0.147. The highest BCUT2D eigenvalue weighted by atomic mass is 32.2. The first-order valence-electron chi connectivity index (χ1n) is 5.46. The van der Waals surface area contributed by atoms with Crippen molar-refractivity contribution in [3.8, 4) is 0 Å². The van der Waals surface area contributed by atoms with Crippen LogP contribution in [0.1, 0.15) is 27.2 Å². The summed E-state index contributed by atoms with van der Waals surface area (Å²) in [6.45, 7) is 6.63. The fraction of sp³-hybridized carbons (Fsp3) is 1.00. The van der Waals surface area contributed by atoms with E-state index in [1.54, 1.807) is 6.92 Å². The molecule has 0 aromatic rings. The van der Waals surface area contributed by atoms with Crippen molar-refractivity contribution in [2.24, 2.45) is 5.92 Å². The van der Waals surface area contributed by atoms with Gasteiger partial charge in [-0.05, 0) is 12.3 Å². The SMILES string of the molecule is CCS(=O)(=O)CCNCC(O)CC(C)C. The summed E-state index contributed by atoms with van der Waals surface area (Å²) in [6.07, 6.45) is 0.363.